The fourth-order valence-corrected chi connectivity index (χ4v) is 5.56. The van der Waals surface area contributed by atoms with E-state index in [0.29, 0.717) is 30.9 Å². The van der Waals surface area contributed by atoms with Crippen LogP contribution in [0, 0.1) is 11.3 Å². The molecule has 2 amide bonds. The van der Waals surface area contributed by atoms with Crippen molar-refractivity contribution in [3.63, 3.8) is 0 Å². The van der Waals surface area contributed by atoms with Gasteiger partial charge >= 0.3 is 0 Å². The molecule has 0 aromatic heterocycles. The minimum atomic E-state index is -0.551. The minimum Gasteiger partial charge on any atom is -0.489 e. The van der Waals surface area contributed by atoms with Crippen molar-refractivity contribution in [3.05, 3.63) is 64.7 Å². The highest BCUT2D eigenvalue weighted by Crippen LogP contribution is 2.35. The molecule has 5 rings (SSSR count). The normalized spacial score (nSPS) is 22.4. The quantitative estimate of drug-likeness (QED) is 0.663. The Bertz CT molecular complexity index is 1130. The third-order valence-electron chi connectivity index (χ3n) is 7.26. The van der Waals surface area contributed by atoms with Crippen LogP contribution in [0.4, 0.5) is 0 Å². The van der Waals surface area contributed by atoms with E-state index < -0.39 is 12.1 Å². The van der Waals surface area contributed by atoms with Crippen LogP contribution < -0.4 is 4.74 Å². The Kier molecular flexibility index (Phi) is 6.25. The zero-order valence-corrected chi connectivity index (χ0v) is 19.4. The summed E-state index contributed by atoms with van der Waals surface area (Å²) in [6.45, 7) is 0.969. The highest BCUT2D eigenvalue weighted by Gasteiger charge is 2.50. The predicted octanol–water partition coefficient (Wildman–Crippen LogP) is 3.19. The standard InChI is InChI=1S/C27H29N3O4/c1-33-17-25-26(31)29-15-21-12-23(34-16-19-6-4-5-18(11-19)14-28)10-9-20(21)13-24(29)27(32)30(25)22-7-2-3-8-22/h4-6,9-12,22,24-25H,2-3,7-8,13,15-17H2,1H3/t24-,25+/m1/s1. The summed E-state index contributed by atoms with van der Waals surface area (Å²) in [5.41, 5.74) is 3.61. The van der Waals surface area contributed by atoms with Crippen molar-refractivity contribution in [1.82, 2.24) is 9.80 Å². The molecule has 0 spiro atoms. The van der Waals surface area contributed by atoms with Gasteiger partial charge in [0.05, 0.1) is 18.2 Å². The van der Waals surface area contributed by atoms with E-state index in [9.17, 15) is 9.59 Å². The Morgan fingerprint density at radius 2 is 1.88 bits per heavy atom. The van der Waals surface area contributed by atoms with Crippen molar-refractivity contribution in [3.8, 4) is 11.8 Å². The van der Waals surface area contributed by atoms with Crippen molar-refractivity contribution >= 4 is 11.8 Å². The maximum atomic E-state index is 13.6. The van der Waals surface area contributed by atoms with Crippen LogP contribution in [0.25, 0.3) is 0 Å². The van der Waals surface area contributed by atoms with Crippen molar-refractivity contribution in [2.24, 2.45) is 0 Å². The maximum absolute atomic E-state index is 13.6. The van der Waals surface area contributed by atoms with Crippen LogP contribution in [-0.4, -0.2) is 53.5 Å². The number of hydrogen-bond donors (Lipinski definition) is 0. The van der Waals surface area contributed by atoms with Gasteiger partial charge in [0.15, 0.2) is 0 Å². The predicted molar refractivity (Wildman–Crippen MR) is 125 cm³/mol. The lowest BCUT2D eigenvalue weighted by Gasteiger charge is -2.49. The second-order valence-electron chi connectivity index (χ2n) is 9.37. The van der Waals surface area contributed by atoms with Crippen molar-refractivity contribution in [2.45, 2.75) is 63.4 Å². The molecule has 0 unspecified atom stereocenters. The Labute approximate surface area is 199 Å². The first-order valence-corrected chi connectivity index (χ1v) is 11.9. The fourth-order valence-electron chi connectivity index (χ4n) is 5.56. The molecule has 2 heterocycles. The summed E-state index contributed by atoms with van der Waals surface area (Å²) < 4.78 is 11.3. The van der Waals surface area contributed by atoms with Crippen molar-refractivity contribution in [1.29, 1.82) is 5.26 Å². The van der Waals surface area contributed by atoms with Crippen LogP contribution in [0.1, 0.15) is 47.9 Å². The minimum absolute atomic E-state index is 0.0244. The Hall–Kier alpha value is -3.37. The van der Waals surface area contributed by atoms with Gasteiger partial charge in [-0.25, -0.2) is 0 Å². The van der Waals surface area contributed by atoms with E-state index in [1.54, 1.807) is 18.1 Å². The summed E-state index contributed by atoms with van der Waals surface area (Å²) >= 11 is 0. The number of piperazine rings is 1. The van der Waals surface area contributed by atoms with E-state index >= 15 is 0 Å². The van der Waals surface area contributed by atoms with Crippen molar-refractivity contribution in [2.75, 3.05) is 13.7 Å². The van der Waals surface area contributed by atoms with Gasteiger partial charge in [0.1, 0.15) is 24.4 Å². The van der Waals surface area contributed by atoms with Crippen LogP contribution in [0.15, 0.2) is 42.5 Å². The monoisotopic (exact) mass is 459 g/mol. The summed E-state index contributed by atoms with van der Waals surface area (Å²) in [5.74, 6) is 0.733. The van der Waals surface area contributed by atoms with Gasteiger partial charge in [-0.3, -0.25) is 9.59 Å². The van der Waals surface area contributed by atoms with Gasteiger partial charge in [0.25, 0.3) is 0 Å². The molecule has 7 heteroatoms. The number of methoxy groups -OCH3 is 1. The Balaban J connectivity index is 1.35. The molecule has 1 saturated heterocycles. The van der Waals surface area contributed by atoms with Gasteiger partial charge in [0, 0.05) is 26.1 Å². The summed E-state index contributed by atoms with van der Waals surface area (Å²) in [4.78, 5) is 30.7. The lowest BCUT2D eigenvalue weighted by molar-refractivity contribution is -0.168. The first-order valence-electron chi connectivity index (χ1n) is 11.9. The first-order chi connectivity index (χ1) is 16.6. The van der Waals surface area contributed by atoms with E-state index in [-0.39, 0.29) is 24.5 Å². The van der Waals surface area contributed by atoms with Crippen molar-refractivity contribution < 1.29 is 19.1 Å². The first kappa shape index (κ1) is 22.4. The molecule has 2 fully saturated rings. The van der Waals surface area contributed by atoms with Gasteiger partial charge in [0.2, 0.25) is 11.8 Å². The lowest BCUT2D eigenvalue weighted by atomic mass is 9.89. The van der Waals surface area contributed by atoms with Gasteiger partial charge in [-0.1, -0.05) is 31.0 Å². The van der Waals surface area contributed by atoms with Gasteiger partial charge < -0.3 is 19.3 Å². The average Bonchev–Trinajstić information content (AvgIpc) is 3.39. The number of ether oxygens (including phenoxy) is 2. The highest BCUT2D eigenvalue weighted by molar-refractivity contribution is 5.98. The maximum Gasteiger partial charge on any atom is 0.248 e. The fraction of sp³-hybridized carbons (Fsp3) is 0.444. The van der Waals surface area contributed by atoms with E-state index in [2.05, 4.69) is 6.07 Å². The average molecular weight is 460 g/mol. The molecule has 2 atom stereocenters. The summed E-state index contributed by atoms with van der Waals surface area (Å²) in [7, 11) is 1.58. The smallest absolute Gasteiger partial charge is 0.248 e. The molecule has 0 bridgehead atoms. The van der Waals surface area contributed by atoms with E-state index in [0.717, 1.165) is 42.4 Å². The molecule has 0 radical (unpaired) electrons. The number of fused-ring (bicyclic) bond motifs is 2. The zero-order chi connectivity index (χ0) is 23.7. The van der Waals surface area contributed by atoms with Crippen LogP contribution >= 0.6 is 0 Å². The lowest BCUT2D eigenvalue weighted by Crippen LogP contribution is -2.68. The summed E-state index contributed by atoms with van der Waals surface area (Å²) in [6.07, 6.45) is 4.64. The molecule has 176 valence electrons. The highest BCUT2D eigenvalue weighted by atomic mass is 16.5. The molecule has 0 N–H and O–H groups in total. The Morgan fingerprint density at radius 3 is 2.65 bits per heavy atom. The molecule has 2 aromatic carbocycles. The van der Waals surface area contributed by atoms with E-state index in [4.69, 9.17) is 14.7 Å². The number of carbonyl (C=O) groups excluding carboxylic acids is 2. The number of hydrogen-bond acceptors (Lipinski definition) is 5. The SMILES string of the molecule is COC[C@H]1C(=O)N2Cc3cc(OCc4cccc(C#N)c4)ccc3C[C@@H]2C(=O)N1C1CCCC1. The third kappa shape index (κ3) is 4.14. The van der Waals surface area contributed by atoms with E-state index in [1.165, 1.54) is 0 Å². The number of amides is 2. The van der Waals surface area contributed by atoms with Crippen LogP contribution in [-0.2, 0) is 33.9 Å². The molecule has 1 saturated carbocycles. The van der Waals surface area contributed by atoms with E-state index in [1.807, 2.05) is 41.3 Å². The summed E-state index contributed by atoms with van der Waals surface area (Å²) in [5, 5.41) is 9.09. The molecule has 7 nitrogen and oxygen atoms in total. The topological polar surface area (TPSA) is 82.9 Å². The molecular weight excluding hydrogens is 430 g/mol. The molecule has 3 aliphatic rings. The van der Waals surface area contributed by atoms with Gasteiger partial charge in [-0.15, -0.1) is 0 Å². The molecular formula is C27H29N3O4. The van der Waals surface area contributed by atoms with Crippen LogP contribution in [0.5, 0.6) is 5.75 Å². The Morgan fingerprint density at radius 1 is 1.06 bits per heavy atom. The number of rotatable bonds is 6. The second-order valence-corrected chi connectivity index (χ2v) is 9.37. The van der Waals surface area contributed by atoms with Crippen LogP contribution in [0.3, 0.4) is 0 Å². The number of benzene rings is 2. The largest absolute Gasteiger partial charge is 0.489 e. The zero-order valence-electron chi connectivity index (χ0n) is 19.4. The number of nitriles is 1. The molecule has 34 heavy (non-hydrogen) atoms. The molecule has 2 aliphatic heterocycles. The van der Waals surface area contributed by atoms with Crippen LogP contribution in [0.2, 0.25) is 0 Å². The second kappa shape index (κ2) is 9.47. The molecule has 1 aliphatic carbocycles. The number of carbonyl (C=O) groups is 2. The van der Waals surface area contributed by atoms with Gasteiger partial charge in [-0.05, 0) is 53.8 Å². The van der Waals surface area contributed by atoms with Gasteiger partial charge in [-0.2, -0.15) is 5.26 Å². The molecule has 2 aromatic rings. The number of nitrogens with zero attached hydrogens (tertiary/aromatic N) is 3. The third-order valence-corrected chi connectivity index (χ3v) is 7.26. The summed E-state index contributed by atoms with van der Waals surface area (Å²) in [6, 6.07) is 14.5.